The topological polar surface area (TPSA) is 62.2 Å². The van der Waals surface area contributed by atoms with Crippen molar-refractivity contribution in [2.75, 3.05) is 5.32 Å². The molecule has 2 N–H and O–H groups in total. The van der Waals surface area contributed by atoms with Gasteiger partial charge in [0.1, 0.15) is 5.82 Å². The van der Waals surface area contributed by atoms with Crippen molar-refractivity contribution >= 4 is 28.2 Å². The second-order valence-corrected chi connectivity index (χ2v) is 4.87. The molecule has 0 spiro atoms. The maximum Gasteiger partial charge on any atom is 0.337 e. The van der Waals surface area contributed by atoms with Gasteiger partial charge in [0.2, 0.25) is 0 Å². The van der Waals surface area contributed by atoms with E-state index in [4.69, 9.17) is 0 Å². The van der Waals surface area contributed by atoms with Gasteiger partial charge < -0.3 is 10.4 Å². The minimum Gasteiger partial charge on any atom is -0.478 e. The van der Waals surface area contributed by atoms with Gasteiger partial charge in [-0.1, -0.05) is 36.4 Å². The number of anilines is 2. The molecule has 0 amide bonds. The first-order valence-corrected chi connectivity index (χ1v) is 6.60. The Kier molecular flexibility index (Phi) is 3.28. The van der Waals surface area contributed by atoms with Gasteiger partial charge in [-0.2, -0.15) is 0 Å². The molecule has 0 fully saturated rings. The van der Waals surface area contributed by atoms with Crippen LogP contribution in [0.25, 0.3) is 10.8 Å². The molecule has 0 saturated heterocycles. The summed E-state index contributed by atoms with van der Waals surface area (Å²) in [5, 5.41) is 14.0. The Bertz CT molecular complexity index is 828. The summed E-state index contributed by atoms with van der Waals surface area (Å²) in [6, 6.07) is 15.3. The van der Waals surface area contributed by atoms with Crippen LogP contribution in [0.4, 0.5) is 11.5 Å². The van der Waals surface area contributed by atoms with E-state index in [9.17, 15) is 9.90 Å². The number of hydrogen-bond acceptors (Lipinski definition) is 3. The van der Waals surface area contributed by atoms with Crippen molar-refractivity contribution < 1.29 is 9.90 Å². The summed E-state index contributed by atoms with van der Waals surface area (Å²) in [6.07, 6.45) is 1.39. The van der Waals surface area contributed by atoms with Gasteiger partial charge in [0.25, 0.3) is 0 Å². The highest BCUT2D eigenvalue weighted by Gasteiger charge is 2.12. The van der Waals surface area contributed by atoms with Crippen LogP contribution in [-0.4, -0.2) is 16.1 Å². The molecule has 0 aliphatic rings. The van der Waals surface area contributed by atoms with Gasteiger partial charge in [0.05, 0.1) is 5.56 Å². The summed E-state index contributed by atoms with van der Waals surface area (Å²) in [6.45, 7) is 2.02. The molecule has 0 unspecified atom stereocenters. The number of nitrogens with zero attached hydrogens (tertiary/aromatic N) is 1. The second kappa shape index (κ2) is 5.25. The maximum atomic E-state index is 11.3. The SMILES string of the molecule is Cc1cccc(Nc2ncc(C(=O)O)c3ccccc23)c1. The van der Waals surface area contributed by atoms with Gasteiger partial charge in [0, 0.05) is 22.7 Å². The fourth-order valence-corrected chi connectivity index (χ4v) is 2.32. The molecule has 4 nitrogen and oxygen atoms in total. The average Bonchev–Trinajstić information content (AvgIpc) is 2.47. The summed E-state index contributed by atoms with van der Waals surface area (Å²) >= 11 is 0. The van der Waals surface area contributed by atoms with Gasteiger partial charge in [0.15, 0.2) is 0 Å². The number of nitrogens with one attached hydrogen (secondary N) is 1. The molecule has 1 aromatic heterocycles. The Morgan fingerprint density at radius 2 is 1.86 bits per heavy atom. The largest absolute Gasteiger partial charge is 0.478 e. The zero-order valence-corrected chi connectivity index (χ0v) is 11.5. The van der Waals surface area contributed by atoms with Crippen LogP contribution in [-0.2, 0) is 0 Å². The van der Waals surface area contributed by atoms with Crippen LogP contribution in [0.5, 0.6) is 0 Å². The lowest BCUT2D eigenvalue weighted by Gasteiger charge is -2.11. The summed E-state index contributed by atoms with van der Waals surface area (Å²) in [4.78, 5) is 15.5. The van der Waals surface area contributed by atoms with Crippen LogP contribution in [0.15, 0.2) is 54.7 Å². The molecule has 0 atom stereocenters. The monoisotopic (exact) mass is 278 g/mol. The van der Waals surface area contributed by atoms with E-state index in [0.717, 1.165) is 16.6 Å². The first-order valence-electron chi connectivity index (χ1n) is 6.60. The van der Waals surface area contributed by atoms with Gasteiger partial charge in [-0.3, -0.25) is 0 Å². The number of hydrogen-bond donors (Lipinski definition) is 2. The number of carboxylic acids is 1. The van der Waals surface area contributed by atoms with Crippen LogP contribution >= 0.6 is 0 Å². The van der Waals surface area contributed by atoms with Gasteiger partial charge in [-0.05, 0) is 24.6 Å². The van der Waals surface area contributed by atoms with Crippen molar-refractivity contribution in [1.82, 2.24) is 4.98 Å². The molecule has 2 aromatic carbocycles. The highest BCUT2D eigenvalue weighted by atomic mass is 16.4. The number of rotatable bonds is 3. The van der Waals surface area contributed by atoms with Crippen LogP contribution in [0, 0.1) is 6.92 Å². The Balaban J connectivity index is 2.12. The molecule has 0 bridgehead atoms. The normalized spacial score (nSPS) is 10.5. The van der Waals surface area contributed by atoms with Crippen LogP contribution in [0.1, 0.15) is 15.9 Å². The van der Waals surface area contributed by atoms with E-state index in [1.807, 2.05) is 49.4 Å². The number of fused-ring (bicyclic) bond motifs is 1. The highest BCUT2D eigenvalue weighted by molar-refractivity contribution is 6.06. The number of pyridine rings is 1. The van der Waals surface area contributed by atoms with Crippen molar-refractivity contribution in [3.63, 3.8) is 0 Å². The molecule has 0 saturated carbocycles. The lowest BCUT2D eigenvalue weighted by Crippen LogP contribution is -2.02. The molecule has 4 heteroatoms. The predicted molar refractivity (Wildman–Crippen MR) is 83.2 cm³/mol. The van der Waals surface area contributed by atoms with E-state index in [2.05, 4.69) is 10.3 Å². The lowest BCUT2D eigenvalue weighted by molar-refractivity contribution is 0.0698. The summed E-state index contributed by atoms with van der Waals surface area (Å²) < 4.78 is 0. The second-order valence-electron chi connectivity index (χ2n) is 4.87. The van der Waals surface area contributed by atoms with Crippen LogP contribution in [0.3, 0.4) is 0 Å². The van der Waals surface area contributed by atoms with Crippen molar-refractivity contribution in [3.05, 3.63) is 65.9 Å². The summed E-state index contributed by atoms with van der Waals surface area (Å²) in [5.41, 5.74) is 2.28. The zero-order valence-electron chi connectivity index (χ0n) is 11.5. The highest BCUT2D eigenvalue weighted by Crippen LogP contribution is 2.27. The number of aryl methyl sites for hydroxylation is 1. The Labute approximate surface area is 122 Å². The molecule has 21 heavy (non-hydrogen) atoms. The third kappa shape index (κ3) is 2.56. The third-order valence-corrected chi connectivity index (χ3v) is 3.31. The molecule has 1 heterocycles. The maximum absolute atomic E-state index is 11.3. The third-order valence-electron chi connectivity index (χ3n) is 3.31. The van der Waals surface area contributed by atoms with Crippen molar-refractivity contribution in [2.24, 2.45) is 0 Å². The fourth-order valence-electron chi connectivity index (χ4n) is 2.32. The van der Waals surface area contributed by atoms with E-state index in [-0.39, 0.29) is 5.56 Å². The molecule has 0 aliphatic carbocycles. The van der Waals surface area contributed by atoms with E-state index >= 15 is 0 Å². The molecule has 3 aromatic rings. The van der Waals surface area contributed by atoms with Crippen LogP contribution in [0.2, 0.25) is 0 Å². The standard InChI is InChI=1S/C17H14N2O2/c1-11-5-4-6-12(9-11)19-16-14-8-3-2-7-13(14)15(10-18-16)17(20)21/h2-10H,1H3,(H,18,19)(H,20,21). The predicted octanol–water partition coefficient (Wildman–Crippen LogP) is 3.99. The van der Waals surface area contributed by atoms with E-state index in [1.54, 1.807) is 6.07 Å². The van der Waals surface area contributed by atoms with Crippen LogP contribution < -0.4 is 5.32 Å². The van der Waals surface area contributed by atoms with Crippen molar-refractivity contribution in [1.29, 1.82) is 0 Å². The average molecular weight is 278 g/mol. The first kappa shape index (κ1) is 13.1. The molecular formula is C17H14N2O2. The number of carbonyl (C=O) groups is 1. The van der Waals surface area contributed by atoms with Crippen molar-refractivity contribution in [3.8, 4) is 0 Å². The quantitative estimate of drug-likeness (QED) is 0.760. The zero-order chi connectivity index (χ0) is 14.8. The summed E-state index contributed by atoms with van der Waals surface area (Å²) in [7, 11) is 0. The molecule has 3 rings (SSSR count). The van der Waals surface area contributed by atoms with Gasteiger partial charge in [-0.15, -0.1) is 0 Å². The van der Waals surface area contributed by atoms with E-state index in [1.165, 1.54) is 6.20 Å². The smallest absolute Gasteiger partial charge is 0.337 e. The fraction of sp³-hybridized carbons (Fsp3) is 0.0588. The van der Waals surface area contributed by atoms with E-state index < -0.39 is 5.97 Å². The minimum absolute atomic E-state index is 0.209. The minimum atomic E-state index is -0.971. The molecule has 104 valence electrons. The molecular weight excluding hydrogens is 264 g/mol. The first-order chi connectivity index (χ1) is 10.1. The number of aromatic carboxylic acids is 1. The Morgan fingerprint density at radius 1 is 1.10 bits per heavy atom. The number of aromatic nitrogens is 1. The lowest BCUT2D eigenvalue weighted by atomic mass is 10.1. The van der Waals surface area contributed by atoms with Gasteiger partial charge in [-0.25, -0.2) is 9.78 Å². The van der Waals surface area contributed by atoms with Crippen molar-refractivity contribution in [2.45, 2.75) is 6.92 Å². The Hall–Kier alpha value is -2.88. The van der Waals surface area contributed by atoms with E-state index in [0.29, 0.717) is 11.2 Å². The summed E-state index contributed by atoms with van der Waals surface area (Å²) in [5.74, 6) is -0.318. The number of benzene rings is 2. The Morgan fingerprint density at radius 3 is 2.57 bits per heavy atom. The molecule has 0 aliphatic heterocycles. The molecule has 0 radical (unpaired) electrons. The van der Waals surface area contributed by atoms with Gasteiger partial charge >= 0.3 is 5.97 Å². The number of carboxylic acid groups (broad SMARTS) is 1.